The van der Waals surface area contributed by atoms with Gasteiger partial charge >= 0.3 is 0 Å². The summed E-state index contributed by atoms with van der Waals surface area (Å²) >= 11 is 1.38. The highest BCUT2D eigenvalue weighted by atomic mass is 32.1. The summed E-state index contributed by atoms with van der Waals surface area (Å²) in [5.41, 5.74) is 1.64. The topological polar surface area (TPSA) is 71.1 Å². The Hall–Kier alpha value is -2.80. The molecule has 7 heteroatoms. The van der Waals surface area contributed by atoms with Crippen LogP contribution >= 0.6 is 11.3 Å². The Balaban J connectivity index is 1.75. The van der Waals surface area contributed by atoms with Crippen LogP contribution in [0.5, 0.6) is 0 Å². The van der Waals surface area contributed by atoms with Crippen molar-refractivity contribution in [3.05, 3.63) is 53.8 Å². The van der Waals surface area contributed by atoms with Crippen molar-refractivity contribution in [3.8, 4) is 0 Å². The van der Waals surface area contributed by atoms with Gasteiger partial charge in [-0.05, 0) is 48.9 Å². The molecule has 0 atom stereocenters. The zero-order valence-electron chi connectivity index (χ0n) is 13.5. The molecule has 0 aliphatic heterocycles. The lowest BCUT2D eigenvalue weighted by Crippen LogP contribution is -2.11. The first kappa shape index (κ1) is 17.0. The number of anilines is 2. The van der Waals surface area contributed by atoms with Crippen molar-refractivity contribution in [2.45, 2.75) is 19.8 Å². The lowest BCUT2D eigenvalue weighted by molar-refractivity contribution is -0.116. The molecule has 5 nitrogen and oxygen atoms in total. The van der Waals surface area contributed by atoms with Gasteiger partial charge in [-0.3, -0.25) is 9.59 Å². The molecule has 0 unspecified atom stereocenters. The van der Waals surface area contributed by atoms with Gasteiger partial charge in [-0.15, -0.1) is 0 Å². The molecule has 0 saturated carbocycles. The van der Waals surface area contributed by atoms with Crippen LogP contribution in [0.15, 0.2) is 42.5 Å². The lowest BCUT2D eigenvalue weighted by atomic mass is 10.2. The summed E-state index contributed by atoms with van der Waals surface area (Å²) in [4.78, 5) is 28.2. The first-order valence-electron chi connectivity index (χ1n) is 7.82. The molecular formula is C18H16FN3O2S. The van der Waals surface area contributed by atoms with E-state index >= 15 is 0 Å². The largest absolute Gasteiger partial charge is 0.322 e. The summed E-state index contributed by atoms with van der Waals surface area (Å²) in [5, 5.41) is 6.06. The Labute approximate surface area is 147 Å². The smallest absolute Gasteiger partial charge is 0.255 e. The summed E-state index contributed by atoms with van der Waals surface area (Å²) in [6.07, 6.45) is 1.23. The Morgan fingerprint density at radius 3 is 2.60 bits per heavy atom. The average molecular weight is 357 g/mol. The molecule has 1 aromatic heterocycles. The SMILES string of the molecule is CCCC(=O)Nc1nc2cc(NC(=O)c3ccc(F)cc3)ccc2s1. The maximum atomic E-state index is 12.9. The average Bonchev–Trinajstić information content (AvgIpc) is 2.97. The number of thiazole rings is 1. The Morgan fingerprint density at radius 2 is 1.88 bits per heavy atom. The molecular weight excluding hydrogens is 341 g/mol. The van der Waals surface area contributed by atoms with Gasteiger partial charge in [-0.2, -0.15) is 0 Å². The third kappa shape index (κ3) is 4.19. The van der Waals surface area contributed by atoms with Crippen LogP contribution in [-0.4, -0.2) is 16.8 Å². The number of fused-ring (bicyclic) bond motifs is 1. The first-order valence-corrected chi connectivity index (χ1v) is 8.64. The van der Waals surface area contributed by atoms with Crippen molar-refractivity contribution < 1.29 is 14.0 Å². The Bertz CT molecular complexity index is 922. The third-order valence-corrected chi connectivity index (χ3v) is 4.43. The Morgan fingerprint density at radius 1 is 1.12 bits per heavy atom. The van der Waals surface area contributed by atoms with Crippen LogP contribution in [0.4, 0.5) is 15.2 Å². The summed E-state index contributed by atoms with van der Waals surface area (Å²) in [7, 11) is 0. The van der Waals surface area contributed by atoms with E-state index in [1.165, 1.54) is 35.6 Å². The number of benzene rings is 2. The monoisotopic (exact) mass is 357 g/mol. The number of nitrogens with one attached hydrogen (secondary N) is 2. The highest BCUT2D eigenvalue weighted by molar-refractivity contribution is 7.22. The predicted octanol–water partition coefficient (Wildman–Crippen LogP) is 4.43. The second-order valence-corrected chi connectivity index (χ2v) is 6.49. The molecule has 0 fully saturated rings. The second kappa shape index (κ2) is 7.40. The van der Waals surface area contributed by atoms with Crippen LogP contribution in [0.1, 0.15) is 30.1 Å². The van der Waals surface area contributed by atoms with Crippen LogP contribution in [0.3, 0.4) is 0 Å². The minimum absolute atomic E-state index is 0.0635. The van der Waals surface area contributed by atoms with Crippen molar-refractivity contribution in [1.82, 2.24) is 4.98 Å². The normalized spacial score (nSPS) is 10.6. The van der Waals surface area contributed by atoms with Crippen molar-refractivity contribution in [2.75, 3.05) is 10.6 Å². The number of halogens is 1. The minimum Gasteiger partial charge on any atom is -0.322 e. The van der Waals surface area contributed by atoms with Crippen LogP contribution in [0.2, 0.25) is 0 Å². The molecule has 0 saturated heterocycles. The fourth-order valence-electron chi connectivity index (χ4n) is 2.27. The maximum Gasteiger partial charge on any atom is 0.255 e. The van der Waals surface area contributed by atoms with Crippen molar-refractivity contribution in [3.63, 3.8) is 0 Å². The fraction of sp³-hybridized carbons (Fsp3) is 0.167. The van der Waals surface area contributed by atoms with Crippen LogP contribution in [-0.2, 0) is 4.79 Å². The minimum atomic E-state index is -0.391. The number of aromatic nitrogens is 1. The van der Waals surface area contributed by atoms with Crippen LogP contribution in [0, 0.1) is 5.82 Å². The highest BCUT2D eigenvalue weighted by Crippen LogP contribution is 2.28. The number of nitrogens with zero attached hydrogens (tertiary/aromatic N) is 1. The number of amides is 2. The molecule has 0 radical (unpaired) electrons. The van der Waals surface area contributed by atoms with E-state index in [0.29, 0.717) is 28.3 Å². The van der Waals surface area contributed by atoms with E-state index in [4.69, 9.17) is 0 Å². The molecule has 3 rings (SSSR count). The van der Waals surface area contributed by atoms with Gasteiger partial charge in [0.15, 0.2) is 5.13 Å². The first-order chi connectivity index (χ1) is 12.0. The summed E-state index contributed by atoms with van der Waals surface area (Å²) < 4.78 is 13.8. The maximum absolute atomic E-state index is 12.9. The van der Waals surface area contributed by atoms with Crippen molar-refractivity contribution in [1.29, 1.82) is 0 Å². The van der Waals surface area contributed by atoms with Crippen molar-refractivity contribution >= 4 is 44.2 Å². The van der Waals surface area contributed by atoms with E-state index in [0.717, 1.165) is 11.1 Å². The quantitative estimate of drug-likeness (QED) is 0.710. The van der Waals surface area contributed by atoms with Crippen LogP contribution in [0.25, 0.3) is 10.2 Å². The summed E-state index contributed by atoms with van der Waals surface area (Å²) in [6.45, 7) is 1.94. The molecule has 0 spiro atoms. The number of hydrogen-bond donors (Lipinski definition) is 2. The summed E-state index contributed by atoms with van der Waals surface area (Å²) in [6, 6.07) is 10.7. The molecule has 0 aliphatic rings. The van der Waals surface area contributed by atoms with E-state index in [9.17, 15) is 14.0 Å². The molecule has 2 amide bonds. The molecule has 0 bridgehead atoms. The molecule has 3 aromatic rings. The third-order valence-electron chi connectivity index (χ3n) is 3.48. The van der Waals surface area contributed by atoms with Gasteiger partial charge in [0.25, 0.3) is 5.91 Å². The summed E-state index contributed by atoms with van der Waals surface area (Å²) in [5.74, 6) is -0.782. The van der Waals surface area contributed by atoms with E-state index < -0.39 is 5.82 Å². The lowest BCUT2D eigenvalue weighted by Gasteiger charge is -2.05. The van der Waals surface area contributed by atoms with E-state index in [-0.39, 0.29) is 11.8 Å². The van der Waals surface area contributed by atoms with Gasteiger partial charge in [0.05, 0.1) is 10.2 Å². The molecule has 0 aliphatic carbocycles. The predicted molar refractivity (Wildman–Crippen MR) is 97.5 cm³/mol. The van der Waals surface area contributed by atoms with Gasteiger partial charge in [0.2, 0.25) is 5.91 Å². The highest BCUT2D eigenvalue weighted by Gasteiger charge is 2.10. The van der Waals surface area contributed by atoms with E-state index in [2.05, 4.69) is 15.6 Å². The molecule has 1 heterocycles. The number of carbonyl (C=O) groups is 2. The van der Waals surface area contributed by atoms with Crippen molar-refractivity contribution in [2.24, 2.45) is 0 Å². The zero-order chi connectivity index (χ0) is 17.8. The van der Waals surface area contributed by atoms with Gasteiger partial charge < -0.3 is 10.6 Å². The number of hydrogen-bond acceptors (Lipinski definition) is 4. The molecule has 25 heavy (non-hydrogen) atoms. The number of carbonyl (C=O) groups excluding carboxylic acids is 2. The molecule has 2 N–H and O–H groups in total. The molecule has 128 valence electrons. The van der Waals surface area contributed by atoms with E-state index in [1.54, 1.807) is 12.1 Å². The second-order valence-electron chi connectivity index (χ2n) is 5.46. The standard InChI is InChI=1S/C18H16FN3O2S/c1-2-3-16(23)22-18-21-14-10-13(8-9-15(14)25-18)20-17(24)11-4-6-12(19)7-5-11/h4-10H,2-3H2,1H3,(H,20,24)(H,21,22,23). The Kier molecular flexibility index (Phi) is 5.04. The zero-order valence-corrected chi connectivity index (χ0v) is 14.3. The van der Waals surface area contributed by atoms with Crippen LogP contribution < -0.4 is 10.6 Å². The van der Waals surface area contributed by atoms with Gasteiger partial charge in [-0.1, -0.05) is 18.3 Å². The van der Waals surface area contributed by atoms with Gasteiger partial charge in [0.1, 0.15) is 5.82 Å². The fourth-order valence-corrected chi connectivity index (χ4v) is 3.13. The molecule has 2 aromatic carbocycles. The number of rotatable bonds is 5. The van der Waals surface area contributed by atoms with Gasteiger partial charge in [-0.25, -0.2) is 9.37 Å². The van der Waals surface area contributed by atoms with Gasteiger partial charge in [0, 0.05) is 17.7 Å². The van der Waals surface area contributed by atoms with E-state index in [1.807, 2.05) is 13.0 Å².